The fraction of sp³-hybridized carbons (Fsp3) is 0.250. The first-order valence-electron chi connectivity index (χ1n) is 7.38. The molecule has 1 nitrogen and oxygen atoms in total. The van der Waals surface area contributed by atoms with Gasteiger partial charge in [0, 0.05) is 17.9 Å². The second-order valence-electron chi connectivity index (χ2n) is 5.00. The van der Waals surface area contributed by atoms with Crippen LogP contribution in [0.1, 0.15) is 42.7 Å². The van der Waals surface area contributed by atoms with E-state index in [0.717, 1.165) is 24.8 Å². The van der Waals surface area contributed by atoms with Crippen LogP contribution in [-0.4, -0.2) is 0 Å². The lowest BCUT2D eigenvalue weighted by atomic mass is 9.93. The molecule has 0 amide bonds. The molecular formula is C20H19N. The van der Waals surface area contributed by atoms with Gasteiger partial charge in [-0.15, -0.1) is 0 Å². The molecule has 21 heavy (non-hydrogen) atoms. The van der Waals surface area contributed by atoms with Gasteiger partial charge >= 0.3 is 0 Å². The molecule has 0 saturated heterocycles. The summed E-state index contributed by atoms with van der Waals surface area (Å²) in [5, 5.41) is 8.62. The molecule has 0 fully saturated rings. The Bertz CT molecular complexity index is 626. The van der Waals surface area contributed by atoms with Gasteiger partial charge in [-0.2, -0.15) is 5.26 Å². The van der Waals surface area contributed by atoms with Crippen LogP contribution in [0.25, 0.3) is 0 Å². The van der Waals surface area contributed by atoms with Gasteiger partial charge in [0.2, 0.25) is 0 Å². The molecule has 0 bridgehead atoms. The molecular weight excluding hydrogens is 254 g/mol. The maximum Gasteiger partial charge on any atom is 0.0621 e. The Morgan fingerprint density at radius 1 is 0.857 bits per heavy atom. The Labute approximate surface area is 127 Å². The lowest BCUT2D eigenvalue weighted by molar-refractivity contribution is 0.655. The molecule has 0 heterocycles. The van der Waals surface area contributed by atoms with Crippen LogP contribution in [0.2, 0.25) is 0 Å². The van der Waals surface area contributed by atoms with Gasteiger partial charge in [-0.1, -0.05) is 66.8 Å². The topological polar surface area (TPSA) is 23.8 Å². The highest BCUT2D eigenvalue weighted by Gasteiger charge is 2.07. The molecule has 0 N–H and O–H groups in total. The third-order valence-electron chi connectivity index (χ3n) is 3.40. The van der Waals surface area contributed by atoms with Crippen molar-refractivity contribution < 1.29 is 0 Å². The second kappa shape index (κ2) is 8.62. The van der Waals surface area contributed by atoms with Gasteiger partial charge in [0.05, 0.1) is 6.07 Å². The Morgan fingerprint density at radius 2 is 1.52 bits per heavy atom. The van der Waals surface area contributed by atoms with Crippen molar-refractivity contribution in [2.75, 3.05) is 0 Å². The van der Waals surface area contributed by atoms with Crippen LogP contribution < -0.4 is 0 Å². The van der Waals surface area contributed by atoms with Crippen LogP contribution >= 0.6 is 0 Å². The first-order valence-corrected chi connectivity index (χ1v) is 7.38. The molecule has 1 unspecified atom stereocenters. The van der Waals surface area contributed by atoms with E-state index in [-0.39, 0.29) is 5.92 Å². The molecule has 1 atom stereocenters. The molecule has 0 radical (unpaired) electrons. The van der Waals surface area contributed by atoms with E-state index in [2.05, 4.69) is 42.2 Å². The summed E-state index contributed by atoms with van der Waals surface area (Å²) in [5.74, 6) is 6.91. The summed E-state index contributed by atoms with van der Waals surface area (Å²) >= 11 is 0. The van der Waals surface area contributed by atoms with Gasteiger partial charge in [-0.05, 0) is 30.5 Å². The number of benzene rings is 2. The number of hydrogen-bond donors (Lipinski definition) is 0. The number of nitrogens with zero attached hydrogens (tertiary/aromatic N) is 1. The van der Waals surface area contributed by atoms with Crippen LogP contribution in [0.5, 0.6) is 0 Å². The average molecular weight is 273 g/mol. The summed E-state index contributed by atoms with van der Waals surface area (Å²) in [6, 6.07) is 22.7. The highest BCUT2D eigenvalue weighted by molar-refractivity contribution is 5.37. The Hall–Kier alpha value is -2.51. The maximum atomic E-state index is 8.62. The van der Waals surface area contributed by atoms with Gasteiger partial charge in [0.25, 0.3) is 0 Å². The van der Waals surface area contributed by atoms with Gasteiger partial charge < -0.3 is 0 Å². The molecule has 104 valence electrons. The predicted octanol–water partition coefficient (Wildman–Crippen LogP) is 4.91. The van der Waals surface area contributed by atoms with Crippen molar-refractivity contribution in [2.24, 2.45) is 0 Å². The summed E-state index contributed by atoms with van der Waals surface area (Å²) in [6.07, 6.45) is 3.63. The maximum absolute atomic E-state index is 8.62. The minimum Gasteiger partial charge on any atom is -0.198 e. The van der Waals surface area contributed by atoms with Crippen molar-refractivity contribution in [1.82, 2.24) is 0 Å². The predicted molar refractivity (Wildman–Crippen MR) is 86.6 cm³/mol. The van der Waals surface area contributed by atoms with E-state index in [1.54, 1.807) is 0 Å². The summed E-state index contributed by atoms with van der Waals surface area (Å²) < 4.78 is 0. The van der Waals surface area contributed by atoms with E-state index in [1.165, 1.54) is 5.56 Å². The Balaban J connectivity index is 2.09. The van der Waals surface area contributed by atoms with Crippen molar-refractivity contribution in [3.05, 3.63) is 71.8 Å². The Kier molecular flexibility index (Phi) is 6.11. The molecule has 0 spiro atoms. The van der Waals surface area contributed by atoms with E-state index in [0.29, 0.717) is 6.42 Å². The van der Waals surface area contributed by atoms with Crippen LogP contribution in [-0.2, 0) is 0 Å². The number of rotatable bonds is 5. The van der Waals surface area contributed by atoms with Gasteiger partial charge in [-0.25, -0.2) is 0 Å². The number of hydrogen-bond acceptors (Lipinski definition) is 1. The summed E-state index contributed by atoms with van der Waals surface area (Å²) in [4.78, 5) is 0. The molecule has 2 aromatic carbocycles. The van der Waals surface area contributed by atoms with Gasteiger partial charge in [0.15, 0.2) is 0 Å². The fourth-order valence-electron chi connectivity index (χ4n) is 2.25. The van der Waals surface area contributed by atoms with Crippen molar-refractivity contribution in [2.45, 2.75) is 31.6 Å². The second-order valence-corrected chi connectivity index (χ2v) is 5.00. The SMILES string of the molecule is N#CCCCCC(C#Cc1ccccc1)c1ccccc1. The standard InChI is InChI=1S/C20H19N/c21-17-9-3-8-14-20(19-12-6-2-7-13-19)16-15-18-10-4-1-5-11-18/h1-2,4-7,10-13,20H,3,8-9,14H2. The van der Waals surface area contributed by atoms with Crippen molar-refractivity contribution in [3.63, 3.8) is 0 Å². The van der Waals surface area contributed by atoms with Crippen LogP contribution in [0.3, 0.4) is 0 Å². The fourth-order valence-corrected chi connectivity index (χ4v) is 2.25. The Morgan fingerprint density at radius 3 is 2.19 bits per heavy atom. The average Bonchev–Trinajstić information content (AvgIpc) is 2.56. The van der Waals surface area contributed by atoms with Crippen molar-refractivity contribution in [1.29, 1.82) is 5.26 Å². The van der Waals surface area contributed by atoms with E-state index >= 15 is 0 Å². The van der Waals surface area contributed by atoms with Crippen molar-refractivity contribution >= 4 is 0 Å². The minimum absolute atomic E-state index is 0.241. The minimum atomic E-state index is 0.241. The zero-order valence-corrected chi connectivity index (χ0v) is 12.1. The highest BCUT2D eigenvalue weighted by Crippen LogP contribution is 2.21. The third kappa shape index (κ3) is 5.17. The molecule has 0 aliphatic carbocycles. The lowest BCUT2D eigenvalue weighted by Crippen LogP contribution is -1.96. The molecule has 0 saturated carbocycles. The first kappa shape index (κ1) is 14.9. The summed E-state index contributed by atoms with van der Waals surface area (Å²) in [6.45, 7) is 0. The monoisotopic (exact) mass is 273 g/mol. The molecule has 0 aliphatic heterocycles. The first-order chi connectivity index (χ1) is 10.4. The summed E-state index contributed by atoms with van der Waals surface area (Å²) in [7, 11) is 0. The molecule has 0 aromatic heterocycles. The molecule has 2 aromatic rings. The molecule has 0 aliphatic rings. The number of unbranched alkanes of at least 4 members (excludes halogenated alkanes) is 2. The third-order valence-corrected chi connectivity index (χ3v) is 3.40. The summed E-state index contributed by atoms with van der Waals surface area (Å²) in [5.41, 5.74) is 2.31. The van der Waals surface area contributed by atoms with Crippen LogP contribution in [0.4, 0.5) is 0 Å². The highest BCUT2D eigenvalue weighted by atomic mass is 14.2. The van der Waals surface area contributed by atoms with E-state index in [1.807, 2.05) is 36.4 Å². The van der Waals surface area contributed by atoms with Crippen LogP contribution in [0.15, 0.2) is 60.7 Å². The smallest absolute Gasteiger partial charge is 0.0621 e. The van der Waals surface area contributed by atoms with E-state index in [9.17, 15) is 0 Å². The molecule has 2 rings (SSSR count). The van der Waals surface area contributed by atoms with Crippen LogP contribution in [0, 0.1) is 23.2 Å². The van der Waals surface area contributed by atoms with Gasteiger partial charge in [0.1, 0.15) is 0 Å². The zero-order valence-electron chi connectivity index (χ0n) is 12.1. The van der Waals surface area contributed by atoms with Crippen molar-refractivity contribution in [3.8, 4) is 17.9 Å². The largest absolute Gasteiger partial charge is 0.198 e. The van der Waals surface area contributed by atoms with E-state index < -0.39 is 0 Å². The van der Waals surface area contributed by atoms with E-state index in [4.69, 9.17) is 5.26 Å². The van der Waals surface area contributed by atoms with Gasteiger partial charge in [-0.3, -0.25) is 0 Å². The number of nitriles is 1. The lowest BCUT2D eigenvalue weighted by Gasteiger charge is -2.10. The zero-order chi connectivity index (χ0) is 14.8. The quantitative estimate of drug-likeness (QED) is 0.561. The molecule has 1 heteroatoms. The normalized spacial score (nSPS) is 11.0.